The summed E-state index contributed by atoms with van der Waals surface area (Å²) in [4.78, 5) is 40.7. The van der Waals surface area contributed by atoms with E-state index >= 15 is 0 Å². The average Bonchev–Trinajstić information content (AvgIpc) is 0.764. The number of carboxylic acids is 1. The lowest BCUT2D eigenvalue weighted by molar-refractivity contribution is -0.400. The molecule has 8 fully saturated rings. The van der Waals surface area contributed by atoms with Gasteiger partial charge in [-0.3, -0.25) is 0 Å². The van der Waals surface area contributed by atoms with Crippen LogP contribution in [0.5, 0.6) is 0 Å². The Morgan fingerprint density at radius 2 is 1.25 bits per heavy atom. The number of hydrogen-bond acceptors (Lipinski definition) is 25. The number of carboxylic acid groups (broad SMARTS) is 1. The lowest BCUT2D eigenvalue weighted by Gasteiger charge is -2.72. The maximum absolute atomic E-state index is 14.2. The van der Waals surface area contributed by atoms with Crippen molar-refractivity contribution in [2.75, 3.05) is 26.4 Å². The smallest absolute Gasteiger partial charge is 0.335 e. The molecule has 4 saturated heterocycles. The highest BCUT2D eigenvalue weighted by atomic mass is 16.8. The van der Waals surface area contributed by atoms with Gasteiger partial charge in [-0.25, -0.2) is 9.59 Å². The van der Waals surface area contributed by atoms with Gasteiger partial charge in [-0.2, -0.15) is 0 Å². The van der Waals surface area contributed by atoms with Crippen molar-refractivity contribution in [2.24, 2.45) is 50.2 Å². The molecule has 0 spiro atoms. The molecule has 14 N–H and O–H groups in total. The van der Waals surface area contributed by atoms with E-state index in [4.69, 9.17) is 42.6 Å². The lowest BCUT2D eigenvalue weighted by Crippen LogP contribution is -2.70. The van der Waals surface area contributed by atoms with Crippen molar-refractivity contribution in [3.05, 3.63) is 23.3 Å². The number of aliphatic carboxylic acids is 1. The van der Waals surface area contributed by atoms with Crippen molar-refractivity contribution in [3.63, 3.8) is 0 Å². The molecule has 0 amide bonds. The quantitative estimate of drug-likeness (QED) is 0.0272. The molecule has 5 aliphatic carbocycles. The van der Waals surface area contributed by atoms with Gasteiger partial charge >= 0.3 is 11.9 Å². The standard InChI is InChI=1S/C58H90O26/c1-9-24(2)48(75)79-34-18-53(3,4)16-26-25-10-11-31-54(5)14-13-33(55(6,22-61)30(54)12-15-56(31,7)57(25,8)17-32(64)58(26,34)23-62)80-52-46(84-50-41(71)39(69)37(67)29(20-60)78-50)43(42(72)44(82-52)47(73)74)81-51-45(35(65)27(63)21-76-51)83-49-40(70)38(68)36(66)28(19-59)77-49/h9-10,22,26-46,49-52,59-60,62-72H,11-21,23H2,1-8H3,(H,73,74)/b24-9+/t26?,27-,28+,29+,30?,31?,32+,33-,34-,35-,36+,37-,38-,39-,40+,41+,42-,43-,44-,45+,46+,49-,50-,51-,52+,54-,55-,56+,57+,58-/m0/s1. The van der Waals surface area contributed by atoms with Crippen LogP contribution in [0.15, 0.2) is 23.3 Å². The second kappa shape index (κ2) is 24.2. The zero-order valence-corrected chi connectivity index (χ0v) is 48.8. The third-order valence-electron chi connectivity index (χ3n) is 22.1. The van der Waals surface area contributed by atoms with Gasteiger partial charge in [0.1, 0.15) is 97.8 Å². The molecule has 0 aromatic carbocycles. The Balaban J connectivity index is 1.05. The maximum Gasteiger partial charge on any atom is 0.335 e. The molecule has 9 aliphatic rings. The number of carbonyl (C=O) groups is 3. The first kappa shape index (κ1) is 65.7. The van der Waals surface area contributed by atoms with E-state index in [9.17, 15) is 85.9 Å². The predicted octanol–water partition coefficient (Wildman–Crippen LogP) is -2.19. The topological polar surface area (TPSA) is 418 Å². The van der Waals surface area contributed by atoms with Crippen molar-refractivity contribution in [2.45, 2.75) is 242 Å². The normalized spacial score (nSPS) is 52.1. The predicted molar refractivity (Wildman–Crippen MR) is 284 cm³/mol. The molecule has 26 heteroatoms. The maximum atomic E-state index is 14.2. The third-order valence-corrected chi connectivity index (χ3v) is 22.1. The molecule has 4 aliphatic heterocycles. The molecule has 0 radical (unpaired) electrons. The van der Waals surface area contributed by atoms with E-state index in [-0.39, 0.29) is 30.1 Å². The van der Waals surface area contributed by atoms with Crippen molar-refractivity contribution in [3.8, 4) is 0 Å². The summed E-state index contributed by atoms with van der Waals surface area (Å²) < 4.78 is 54.6. The summed E-state index contributed by atoms with van der Waals surface area (Å²) in [6, 6.07) is 0. The lowest BCUT2D eigenvalue weighted by atomic mass is 9.33. The van der Waals surface area contributed by atoms with Crippen LogP contribution >= 0.6 is 0 Å². The number of esters is 1. The summed E-state index contributed by atoms with van der Waals surface area (Å²) in [5.74, 6) is -3.15. The van der Waals surface area contributed by atoms with Crippen LogP contribution in [0.3, 0.4) is 0 Å². The van der Waals surface area contributed by atoms with Crippen LogP contribution < -0.4 is 0 Å². The molecular weight excluding hydrogens is 1110 g/mol. The van der Waals surface area contributed by atoms with Crippen LogP contribution in [0.1, 0.15) is 107 Å². The van der Waals surface area contributed by atoms with Gasteiger partial charge in [-0.05, 0) is 105 Å². The number of ether oxygens (including phenoxy) is 9. The van der Waals surface area contributed by atoms with E-state index < -0.39 is 206 Å². The zero-order chi connectivity index (χ0) is 61.7. The van der Waals surface area contributed by atoms with Gasteiger partial charge in [0.15, 0.2) is 31.3 Å². The highest BCUT2D eigenvalue weighted by Gasteiger charge is 2.73. The summed E-state index contributed by atoms with van der Waals surface area (Å²) in [7, 11) is 0. The van der Waals surface area contributed by atoms with Gasteiger partial charge in [-0.15, -0.1) is 0 Å². The van der Waals surface area contributed by atoms with Gasteiger partial charge < -0.3 is 119 Å². The Kier molecular flexibility index (Phi) is 18.9. The van der Waals surface area contributed by atoms with Crippen molar-refractivity contribution in [1.29, 1.82) is 0 Å². The van der Waals surface area contributed by atoms with E-state index in [1.807, 2.05) is 0 Å². The number of aldehydes is 1. The van der Waals surface area contributed by atoms with Crippen LogP contribution in [-0.2, 0) is 57.0 Å². The van der Waals surface area contributed by atoms with Gasteiger partial charge in [0.05, 0.1) is 49.5 Å². The summed E-state index contributed by atoms with van der Waals surface area (Å²) in [6.07, 6.45) is -32.0. The Bertz CT molecular complexity index is 2440. The Morgan fingerprint density at radius 3 is 1.81 bits per heavy atom. The second-order valence-corrected chi connectivity index (χ2v) is 27.1. The second-order valence-electron chi connectivity index (χ2n) is 27.1. The Hall–Kier alpha value is -2.75. The van der Waals surface area contributed by atoms with E-state index in [1.54, 1.807) is 26.8 Å². The van der Waals surface area contributed by atoms with Gasteiger partial charge in [0.25, 0.3) is 0 Å². The van der Waals surface area contributed by atoms with Crippen molar-refractivity contribution in [1.82, 2.24) is 0 Å². The molecule has 4 heterocycles. The fourth-order valence-corrected chi connectivity index (χ4v) is 16.9. The molecular formula is C58H90O26. The van der Waals surface area contributed by atoms with Crippen LogP contribution in [0, 0.1) is 50.2 Å². The molecule has 0 aromatic heterocycles. The average molecular weight is 1200 g/mol. The first-order chi connectivity index (χ1) is 39.4. The van der Waals surface area contributed by atoms with Crippen molar-refractivity contribution >= 4 is 18.2 Å². The molecule has 30 atom stereocenters. The highest BCUT2D eigenvalue weighted by Crippen LogP contribution is 2.76. The minimum absolute atomic E-state index is 0.103. The third kappa shape index (κ3) is 10.7. The number of allylic oxidation sites excluding steroid dienone is 3. The summed E-state index contributed by atoms with van der Waals surface area (Å²) >= 11 is 0. The Morgan fingerprint density at radius 1 is 0.655 bits per heavy atom. The van der Waals surface area contributed by atoms with Gasteiger partial charge in [-0.1, -0.05) is 59.3 Å². The van der Waals surface area contributed by atoms with E-state index in [0.29, 0.717) is 44.1 Å². The van der Waals surface area contributed by atoms with Gasteiger partial charge in [0, 0.05) is 5.57 Å². The molecule has 84 heavy (non-hydrogen) atoms. The zero-order valence-electron chi connectivity index (χ0n) is 48.8. The molecule has 4 saturated carbocycles. The van der Waals surface area contributed by atoms with Crippen LogP contribution in [0.4, 0.5) is 0 Å². The number of aliphatic hydroxyl groups is 13. The minimum Gasteiger partial charge on any atom is -0.479 e. The van der Waals surface area contributed by atoms with Gasteiger partial charge in [0.2, 0.25) is 0 Å². The molecule has 26 nitrogen and oxygen atoms in total. The fraction of sp³-hybridized carbons (Fsp3) is 0.879. The monoisotopic (exact) mass is 1200 g/mol. The number of carbonyl (C=O) groups excluding carboxylic acids is 2. The highest BCUT2D eigenvalue weighted by molar-refractivity contribution is 5.87. The SMILES string of the molecule is C/C=C(\C)C(=O)O[C@H]1CC(C)(C)CC2C3=CCC4[C@@]5(C)CC[C@H](O[C@@H]6O[C@H](C(=O)O)[C@@H](O)[C@H](O[C@@H]7OC[C@H](O)[C@H](O)[C@H]7O[C@@H]7O[C@H](CO)[C@@H](O)[C@H](O)[C@H]7O)[C@H]6O[C@@H]6O[C@H](CO)[C@H](O)[C@H](O)[C@H]6O)[C@@](C)(C=O)C5CC[C@@]4(C)[C@]3(C)C[C@@H](O)[C@]21CO. The number of rotatable bonds is 15. The summed E-state index contributed by atoms with van der Waals surface area (Å²) in [5, 5.41) is 154. The minimum atomic E-state index is -2.30. The van der Waals surface area contributed by atoms with E-state index in [1.165, 1.54) is 0 Å². The van der Waals surface area contributed by atoms with Crippen molar-refractivity contribution < 1.29 is 129 Å². The van der Waals surface area contributed by atoms with Crippen LogP contribution in [0.2, 0.25) is 0 Å². The first-order valence-corrected chi connectivity index (χ1v) is 29.4. The van der Waals surface area contributed by atoms with E-state index in [2.05, 4.69) is 40.7 Å². The van der Waals surface area contributed by atoms with Crippen LogP contribution in [-0.4, -0.2) is 251 Å². The molecule has 3 unspecified atom stereocenters. The number of fused-ring (bicyclic) bond motifs is 7. The molecule has 9 rings (SSSR count). The van der Waals surface area contributed by atoms with E-state index in [0.717, 1.165) is 11.9 Å². The molecule has 478 valence electrons. The fourth-order valence-electron chi connectivity index (χ4n) is 16.9. The summed E-state index contributed by atoms with van der Waals surface area (Å²) in [5.41, 5.74) is -3.14. The largest absolute Gasteiger partial charge is 0.479 e. The molecule has 0 aromatic rings. The number of hydrogen-bond donors (Lipinski definition) is 14. The van der Waals surface area contributed by atoms with Crippen LogP contribution in [0.25, 0.3) is 0 Å². The first-order valence-electron chi connectivity index (χ1n) is 29.4. The summed E-state index contributed by atoms with van der Waals surface area (Å²) in [6.45, 7) is 13.1. The Labute approximate surface area is 487 Å². The number of aliphatic hydroxyl groups excluding tert-OH is 13. The molecule has 0 bridgehead atoms.